The first kappa shape index (κ1) is 38.4. The van der Waals surface area contributed by atoms with E-state index >= 15 is 0 Å². The third-order valence-electron chi connectivity index (χ3n) is 8.79. The zero-order valence-electron chi connectivity index (χ0n) is 28.4. The SMILES string of the molecule is CCCCCCCCC=CCCCCCCCCCCCCCCCCCCCCCc1cc(OC)cc(OC)c1O. The highest BCUT2D eigenvalue weighted by Gasteiger charge is 2.10. The van der Waals surface area contributed by atoms with Crippen molar-refractivity contribution in [3.05, 3.63) is 29.8 Å². The highest BCUT2D eigenvalue weighted by atomic mass is 16.5. The average Bonchev–Trinajstić information content (AvgIpc) is 3.01. The quantitative estimate of drug-likeness (QED) is 0.0694. The van der Waals surface area contributed by atoms with Gasteiger partial charge in [-0.05, 0) is 44.6 Å². The van der Waals surface area contributed by atoms with Crippen molar-refractivity contribution in [2.24, 2.45) is 0 Å². The van der Waals surface area contributed by atoms with Crippen LogP contribution in [0.15, 0.2) is 24.3 Å². The van der Waals surface area contributed by atoms with Crippen LogP contribution in [-0.2, 0) is 6.42 Å². The summed E-state index contributed by atoms with van der Waals surface area (Å²) in [5.74, 6) is 1.50. The molecule has 0 fully saturated rings. The molecule has 0 atom stereocenters. The summed E-state index contributed by atoms with van der Waals surface area (Å²) in [5, 5.41) is 10.3. The van der Waals surface area contributed by atoms with E-state index in [1.165, 1.54) is 167 Å². The number of phenolic OH excluding ortho intramolecular Hbond substituents is 1. The van der Waals surface area contributed by atoms with Gasteiger partial charge >= 0.3 is 0 Å². The third kappa shape index (κ3) is 22.0. The number of aryl methyl sites for hydroxylation is 1. The van der Waals surface area contributed by atoms with Gasteiger partial charge in [0.25, 0.3) is 0 Å². The Labute approximate surface area is 262 Å². The van der Waals surface area contributed by atoms with E-state index < -0.39 is 0 Å². The van der Waals surface area contributed by atoms with Crippen molar-refractivity contribution in [3.63, 3.8) is 0 Å². The zero-order valence-corrected chi connectivity index (χ0v) is 28.4. The van der Waals surface area contributed by atoms with Crippen molar-refractivity contribution in [2.75, 3.05) is 14.2 Å². The molecule has 0 radical (unpaired) electrons. The van der Waals surface area contributed by atoms with Crippen LogP contribution in [0.25, 0.3) is 0 Å². The molecule has 0 unspecified atom stereocenters. The van der Waals surface area contributed by atoms with Crippen LogP contribution in [0.3, 0.4) is 0 Å². The molecule has 0 heterocycles. The first-order valence-corrected chi connectivity index (χ1v) is 18.3. The van der Waals surface area contributed by atoms with Crippen LogP contribution in [0.2, 0.25) is 0 Å². The summed E-state index contributed by atoms with van der Waals surface area (Å²) >= 11 is 0. The predicted octanol–water partition coefficient (Wildman–Crippen LogP) is 13.1. The van der Waals surface area contributed by atoms with Crippen molar-refractivity contribution in [3.8, 4) is 17.2 Å². The van der Waals surface area contributed by atoms with Gasteiger partial charge < -0.3 is 14.6 Å². The van der Waals surface area contributed by atoms with Gasteiger partial charge in [0, 0.05) is 11.6 Å². The minimum atomic E-state index is 0.261. The van der Waals surface area contributed by atoms with Crippen LogP contribution < -0.4 is 9.47 Å². The van der Waals surface area contributed by atoms with Crippen LogP contribution in [0, 0.1) is 0 Å². The molecule has 0 aliphatic carbocycles. The molecule has 0 saturated heterocycles. The molecule has 3 nitrogen and oxygen atoms in total. The van der Waals surface area contributed by atoms with Crippen LogP contribution in [-0.4, -0.2) is 19.3 Å². The van der Waals surface area contributed by atoms with Gasteiger partial charge in [-0.15, -0.1) is 0 Å². The molecule has 1 rings (SSSR count). The molecule has 0 aromatic heterocycles. The van der Waals surface area contributed by atoms with E-state index in [1.54, 1.807) is 20.3 Å². The monoisotopic (exact) mass is 587 g/mol. The maximum absolute atomic E-state index is 10.3. The fourth-order valence-electron chi connectivity index (χ4n) is 5.96. The second-order valence-corrected chi connectivity index (χ2v) is 12.6. The smallest absolute Gasteiger partial charge is 0.164 e. The van der Waals surface area contributed by atoms with Gasteiger partial charge in [0.05, 0.1) is 14.2 Å². The molecule has 0 spiro atoms. The van der Waals surface area contributed by atoms with E-state index in [9.17, 15) is 5.11 Å². The summed E-state index contributed by atoms with van der Waals surface area (Å²) in [4.78, 5) is 0. The van der Waals surface area contributed by atoms with E-state index in [4.69, 9.17) is 9.47 Å². The number of ether oxygens (including phenoxy) is 2. The van der Waals surface area contributed by atoms with E-state index in [1.807, 2.05) is 6.07 Å². The van der Waals surface area contributed by atoms with Crippen LogP contribution in [0.5, 0.6) is 17.2 Å². The minimum absolute atomic E-state index is 0.261. The number of hydrogen-bond acceptors (Lipinski definition) is 3. The molecule has 244 valence electrons. The summed E-state index contributed by atoms with van der Waals surface area (Å²) in [7, 11) is 3.23. The largest absolute Gasteiger partial charge is 0.504 e. The molecule has 1 aromatic rings. The number of allylic oxidation sites excluding steroid dienone is 2. The summed E-state index contributed by atoms with van der Waals surface area (Å²) in [5.41, 5.74) is 0.925. The number of aromatic hydroxyl groups is 1. The molecule has 3 heteroatoms. The average molecular weight is 587 g/mol. The van der Waals surface area contributed by atoms with Crippen LogP contribution in [0.1, 0.15) is 186 Å². The molecule has 0 aliphatic rings. The summed E-state index contributed by atoms with van der Waals surface area (Å²) < 4.78 is 10.6. The number of rotatable bonds is 31. The molecule has 0 aliphatic heterocycles. The molecule has 0 bridgehead atoms. The Morgan fingerprint density at radius 1 is 0.500 bits per heavy atom. The molecule has 42 heavy (non-hydrogen) atoms. The molecular formula is C39H70O3. The van der Waals surface area contributed by atoms with Gasteiger partial charge in [-0.2, -0.15) is 0 Å². The normalized spacial score (nSPS) is 11.5. The highest BCUT2D eigenvalue weighted by molar-refractivity contribution is 5.50. The van der Waals surface area contributed by atoms with Gasteiger partial charge in [-0.1, -0.05) is 160 Å². The second kappa shape index (κ2) is 29.4. The summed E-state index contributed by atoms with van der Waals surface area (Å²) in [6, 6.07) is 3.66. The van der Waals surface area contributed by atoms with Crippen LogP contribution >= 0.6 is 0 Å². The third-order valence-corrected chi connectivity index (χ3v) is 8.79. The first-order valence-electron chi connectivity index (χ1n) is 18.3. The Bertz CT molecular complexity index is 741. The number of phenols is 1. The standard InChI is InChI=1S/C39H70O3/c1-4-5-6-7-8-9-10-11-12-13-14-15-16-17-18-19-20-21-22-23-24-25-26-27-28-29-30-31-32-33-36-34-37(41-2)35-38(42-3)39(36)40/h11-12,34-35,40H,4-10,13-33H2,1-3H3. The summed E-state index contributed by atoms with van der Waals surface area (Å²) in [6.07, 6.45) is 43.1. The van der Waals surface area contributed by atoms with Crippen molar-refractivity contribution in [2.45, 2.75) is 187 Å². The second-order valence-electron chi connectivity index (χ2n) is 12.6. The maximum Gasteiger partial charge on any atom is 0.164 e. The van der Waals surface area contributed by atoms with Gasteiger partial charge in [0.15, 0.2) is 11.5 Å². The topological polar surface area (TPSA) is 38.7 Å². The molecule has 1 aromatic carbocycles. The Kier molecular flexibility index (Phi) is 26.9. The summed E-state index contributed by atoms with van der Waals surface area (Å²) in [6.45, 7) is 2.29. The lowest BCUT2D eigenvalue weighted by molar-refractivity contribution is 0.360. The van der Waals surface area contributed by atoms with E-state index in [0.717, 1.165) is 24.2 Å². The van der Waals surface area contributed by atoms with E-state index in [0.29, 0.717) is 5.75 Å². The molecule has 1 N–H and O–H groups in total. The zero-order chi connectivity index (χ0) is 30.4. The van der Waals surface area contributed by atoms with Crippen molar-refractivity contribution < 1.29 is 14.6 Å². The Balaban J connectivity index is 1.76. The fraction of sp³-hybridized carbons (Fsp3) is 0.795. The van der Waals surface area contributed by atoms with E-state index in [2.05, 4.69) is 19.1 Å². The number of methoxy groups -OCH3 is 2. The Morgan fingerprint density at radius 3 is 1.26 bits per heavy atom. The number of unbranched alkanes of at least 4 members (excludes halogenated alkanes) is 25. The Morgan fingerprint density at radius 2 is 0.881 bits per heavy atom. The van der Waals surface area contributed by atoms with Crippen molar-refractivity contribution >= 4 is 0 Å². The molecule has 0 amide bonds. The lowest BCUT2D eigenvalue weighted by Crippen LogP contribution is -1.94. The lowest BCUT2D eigenvalue weighted by Gasteiger charge is -2.11. The number of benzene rings is 1. The van der Waals surface area contributed by atoms with Gasteiger partial charge in [0.2, 0.25) is 0 Å². The highest BCUT2D eigenvalue weighted by Crippen LogP contribution is 2.35. The van der Waals surface area contributed by atoms with Crippen molar-refractivity contribution in [1.29, 1.82) is 0 Å². The molecule has 0 saturated carbocycles. The van der Waals surface area contributed by atoms with Crippen molar-refractivity contribution in [1.82, 2.24) is 0 Å². The predicted molar refractivity (Wildman–Crippen MR) is 184 cm³/mol. The van der Waals surface area contributed by atoms with Gasteiger partial charge in [0.1, 0.15) is 5.75 Å². The van der Waals surface area contributed by atoms with Crippen LogP contribution in [0.4, 0.5) is 0 Å². The molecular weight excluding hydrogens is 516 g/mol. The lowest BCUT2D eigenvalue weighted by atomic mass is 10.0. The minimum Gasteiger partial charge on any atom is -0.504 e. The van der Waals surface area contributed by atoms with Gasteiger partial charge in [-0.3, -0.25) is 0 Å². The van der Waals surface area contributed by atoms with Gasteiger partial charge in [-0.25, -0.2) is 0 Å². The Hall–Kier alpha value is -1.64. The first-order chi connectivity index (χ1) is 20.7. The maximum atomic E-state index is 10.3. The fourth-order valence-corrected chi connectivity index (χ4v) is 5.96. The number of hydrogen-bond donors (Lipinski definition) is 1. The van der Waals surface area contributed by atoms with E-state index in [-0.39, 0.29) is 5.75 Å².